The lowest BCUT2D eigenvalue weighted by atomic mass is 9.99. The van der Waals surface area contributed by atoms with Crippen LogP contribution in [0.1, 0.15) is 16.7 Å². The Labute approximate surface area is 116 Å². The molecule has 0 aliphatic rings. The number of methoxy groups -OCH3 is 1. The van der Waals surface area contributed by atoms with E-state index in [1.165, 1.54) is 7.11 Å². The molecule has 19 heavy (non-hydrogen) atoms. The summed E-state index contributed by atoms with van der Waals surface area (Å²) in [6.07, 6.45) is 0.231. The molecule has 3 nitrogen and oxygen atoms in total. The number of hydrogen-bond donors (Lipinski definition) is 1. The minimum absolute atomic E-state index is 0.231. The summed E-state index contributed by atoms with van der Waals surface area (Å²) in [6.45, 7) is 8.54. The number of anilines is 1. The van der Waals surface area contributed by atoms with Crippen LogP contribution in [0.3, 0.4) is 0 Å². The van der Waals surface area contributed by atoms with E-state index in [2.05, 4.69) is 31.1 Å². The van der Waals surface area contributed by atoms with Gasteiger partial charge in [-0.2, -0.15) is 0 Å². The molecule has 0 atom stereocenters. The van der Waals surface area contributed by atoms with Crippen molar-refractivity contribution in [2.24, 2.45) is 0 Å². The maximum atomic E-state index is 11.4. The molecule has 4 heteroatoms. The Hall–Kier alpha value is -1.73. The highest BCUT2D eigenvalue weighted by Gasteiger charge is 2.11. The zero-order valence-electron chi connectivity index (χ0n) is 12.3. The Bertz CT molecular complexity index is 548. The third-order valence-electron chi connectivity index (χ3n) is 2.67. The summed E-state index contributed by atoms with van der Waals surface area (Å²) in [5, 5.41) is 0. The molecule has 1 aromatic carbocycles. The summed E-state index contributed by atoms with van der Waals surface area (Å²) in [6, 6.07) is 3.68. The molecule has 0 saturated heterocycles. The van der Waals surface area contributed by atoms with Gasteiger partial charge in [-0.3, -0.25) is 4.79 Å². The quantitative estimate of drug-likeness (QED) is 0.390. The van der Waals surface area contributed by atoms with E-state index in [0.29, 0.717) is 5.69 Å². The number of benzene rings is 1. The number of rotatable bonds is 2. The highest BCUT2D eigenvalue weighted by atomic mass is 28.3. The van der Waals surface area contributed by atoms with Crippen LogP contribution in [0.25, 0.3) is 0 Å². The molecule has 1 rings (SSSR count). The molecule has 0 radical (unpaired) electrons. The van der Waals surface area contributed by atoms with Crippen molar-refractivity contribution in [1.82, 2.24) is 0 Å². The predicted octanol–water partition coefficient (Wildman–Crippen LogP) is 2.52. The average Bonchev–Trinajstić information content (AvgIpc) is 2.30. The van der Waals surface area contributed by atoms with Gasteiger partial charge in [-0.05, 0) is 30.2 Å². The summed E-state index contributed by atoms with van der Waals surface area (Å²) in [5.74, 6) is 2.94. The van der Waals surface area contributed by atoms with Crippen LogP contribution in [-0.2, 0) is 16.0 Å². The van der Waals surface area contributed by atoms with Gasteiger partial charge in [-0.15, -0.1) is 5.54 Å². The first-order valence-electron chi connectivity index (χ1n) is 6.22. The molecule has 102 valence electrons. The van der Waals surface area contributed by atoms with Crippen LogP contribution in [0.4, 0.5) is 5.69 Å². The van der Waals surface area contributed by atoms with Gasteiger partial charge in [-0.25, -0.2) is 0 Å². The van der Waals surface area contributed by atoms with E-state index in [1.54, 1.807) is 0 Å². The largest absolute Gasteiger partial charge is 0.469 e. The SMILES string of the molecule is COC(=O)Cc1cc(N)cc(C#C[Si](C)(C)C)c1C. The smallest absolute Gasteiger partial charge is 0.309 e. The molecule has 0 unspecified atom stereocenters. The molecule has 0 bridgehead atoms. The molecule has 2 N–H and O–H groups in total. The molecule has 0 fully saturated rings. The zero-order chi connectivity index (χ0) is 14.6. The number of ether oxygens (including phenoxy) is 1. The van der Waals surface area contributed by atoms with Crippen molar-refractivity contribution in [2.45, 2.75) is 33.0 Å². The van der Waals surface area contributed by atoms with Crippen LogP contribution in [0.5, 0.6) is 0 Å². The molecular formula is C15H21NO2Si. The first-order chi connectivity index (χ1) is 8.73. The summed E-state index contributed by atoms with van der Waals surface area (Å²) in [5.41, 5.74) is 12.6. The van der Waals surface area contributed by atoms with Crippen molar-refractivity contribution in [3.63, 3.8) is 0 Å². The number of esters is 1. The summed E-state index contributed by atoms with van der Waals surface area (Å²) >= 11 is 0. The van der Waals surface area contributed by atoms with Crippen molar-refractivity contribution < 1.29 is 9.53 Å². The van der Waals surface area contributed by atoms with Gasteiger partial charge in [0.15, 0.2) is 0 Å². The summed E-state index contributed by atoms with van der Waals surface area (Å²) in [7, 11) is -0.0453. The molecule has 0 aliphatic carbocycles. The van der Waals surface area contributed by atoms with Crippen molar-refractivity contribution in [1.29, 1.82) is 0 Å². The lowest BCUT2D eigenvalue weighted by molar-refractivity contribution is -0.139. The standard InChI is InChI=1S/C15H21NO2Si/c1-11-12(6-7-19(3,4)5)8-14(16)9-13(11)10-15(17)18-2/h8-9H,10,16H2,1-5H3. The average molecular weight is 275 g/mol. The maximum absolute atomic E-state index is 11.4. The van der Waals surface area contributed by atoms with E-state index in [1.807, 2.05) is 19.1 Å². The Morgan fingerprint density at radius 2 is 2.00 bits per heavy atom. The van der Waals surface area contributed by atoms with Crippen molar-refractivity contribution in [2.75, 3.05) is 12.8 Å². The Kier molecular flexibility index (Phi) is 4.79. The minimum atomic E-state index is -1.43. The summed E-state index contributed by atoms with van der Waals surface area (Å²) < 4.78 is 4.69. The van der Waals surface area contributed by atoms with Gasteiger partial charge >= 0.3 is 5.97 Å². The number of carbonyl (C=O) groups is 1. The minimum Gasteiger partial charge on any atom is -0.469 e. The Morgan fingerprint density at radius 1 is 1.37 bits per heavy atom. The van der Waals surface area contributed by atoms with E-state index in [-0.39, 0.29) is 12.4 Å². The second-order valence-electron chi connectivity index (χ2n) is 5.61. The second kappa shape index (κ2) is 5.94. The zero-order valence-corrected chi connectivity index (χ0v) is 13.3. The summed E-state index contributed by atoms with van der Waals surface area (Å²) in [4.78, 5) is 11.4. The van der Waals surface area contributed by atoms with Crippen molar-refractivity contribution in [3.05, 3.63) is 28.8 Å². The number of nitrogens with two attached hydrogens (primary N) is 1. The van der Waals surface area contributed by atoms with Gasteiger partial charge in [0.2, 0.25) is 0 Å². The van der Waals surface area contributed by atoms with Crippen LogP contribution >= 0.6 is 0 Å². The van der Waals surface area contributed by atoms with Gasteiger partial charge in [0, 0.05) is 11.3 Å². The molecular weight excluding hydrogens is 254 g/mol. The monoisotopic (exact) mass is 275 g/mol. The van der Waals surface area contributed by atoms with E-state index in [0.717, 1.165) is 16.7 Å². The topological polar surface area (TPSA) is 52.3 Å². The van der Waals surface area contributed by atoms with Crippen LogP contribution < -0.4 is 5.73 Å². The highest BCUT2D eigenvalue weighted by Crippen LogP contribution is 2.19. The predicted molar refractivity (Wildman–Crippen MR) is 81.5 cm³/mol. The Morgan fingerprint density at radius 3 is 2.53 bits per heavy atom. The van der Waals surface area contributed by atoms with Gasteiger partial charge in [0.25, 0.3) is 0 Å². The number of carbonyl (C=O) groups excluding carboxylic acids is 1. The van der Waals surface area contributed by atoms with Crippen LogP contribution in [-0.4, -0.2) is 21.2 Å². The Balaban J connectivity index is 3.19. The van der Waals surface area contributed by atoms with Crippen molar-refractivity contribution in [3.8, 4) is 11.5 Å². The third-order valence-corrected chi connectivity index (χ3v) is 3.55. The first-order valence-corrected chi connectivity index (χ1v) is 9.72. The molecule has 0 heterocycles. The van der Waals surface area contributed by atoms with E-state index < -0.39 is 8.07 Å². The lowest BCUT2D eigenvalue weighted by Crippen LogP contribution is -2.16. The van der Waals surface area contributed by atoms with Gasteiger partial charge < -0.3 is 10.5 Å². The lowest BCUT2D eigenvalue weighted by Gasteiger charge is -2.10. The first kappa shape index (κ1) is 15.3. The fourth-order valence-electron chi connectivity index (χ4n) is 1.59. The third kappa shape index (κ3) is 4.80. The molecule has 0 spiro atoms. The highest BCUT2D eigenvalue weighted by molar-refractivity contribution is 6.83. The molecule has 0 saturated carbocycles. The van der Waals surface area contributed by atoms with Crippen LogP contribution in [0.2, 0.25) is 19.6 Å². The van der Waals surface area contributed by atoms with E-state index in [9.17, 15) is 4.79 Å². The van der Waals surface area contributed by atoms with Crippen molar-refractivity contribution >= 4 is 19.7 Å². The molecule has 0 amide bonds. The molecule has 1 aromatic rings. The fourth-order valence-corrected chi connectivity index (χ4v) is 2.10. The fraction of sp³-hybridized carbons (Fsp3) is 0.400. The van der Waals surface area contributed by atoms with Gasteiger partial charge in [0.1, 0.15) is 8.07 Å². The number of hydrogen-bond acceptors (Lipinski definition) is 3. The maximum Gasteiger partial charge on any atom is 0.309 e. The molecule has 0 aliphatic heterocycles. The van der Waals surface area contributed by atoms with Gasteiger partial charge in [-0.1, -0.05) is 25.6 Å². The van der Waals surface area contributed by atoms with Crippen LogP contribution in [0, 0.1) is 18.4 Å². The molecule has 0 aromatic heterocycles. The normalized spacial score (nSPS) is 10.6. The van der Waals surface area contributed by atoms with E-state index >= 15 is 0 Å². The van der Waals surface area contributed by atoms with Crippen LogP contribution in [0.15, 0.2) is 12.1 Å². The van der Waals surface area contributed by atoms with Gasteiger partial charge in [0.05, 0.1) is 13.5 Å². The van der Waals surface area contributed by atoms with E-state index in [4.69, 9.17) is 10.5 Å². The number of nitrogen functional groups attached to an aromatic ring is 1. The second-order valence-corrected chi connectivity index (χ2v) is 10.4.